The smallest absolute Gasteiger partial charge is 0.0366 e. The molecule has 1 unspecified atom stereocenters. The van der Waals surface area contributed by atoms with Crippen LogP contribution in [0.4, 0.5) is 5.69 Å². The zero-order valence-corrected chi connectivity index (χ0v) is 8.62. The van der Waals surface area contributed by atoms with Crippen molar-refractivity contribution in [3.63, 3.8) is 0 Å². The molecule has 2 N–H and O–H groups in total. The van der Waals surface area contributed by atoms with Crippen molar-refractivity contribution in [2.45, 2.75) is 19.9 Å². The van der Waals surface area contributed by atoms with Gasteiger partial charge in [0.25, 0.3) is 0 Å². The molecule has 72 valence electrons. The molecule has 1 aromatic rings. The monoisotopic (exact) mass is 178 g/mol. The quantitative estimate of drug-likeness (QED) is 0.764. The summed E-state index contributed by atoms with van der Waals surface area (Å²) in [5.41, 5.74) is 8.25. The summed E-state index contributed by atoms with van der Waals surface area (Å²) in [7, 11) is 2.07. The highest BCUT2D eigenvalue weighted by molar-refractivity contribution is 5.47. The molecule has 0 amide bonds. The van der Waals surface area contributed by atoms with Gasteiger partial charge in [0.1, 0.15) is 0 Å². The predicted molar refractivity (Wildman–Crippen MR) is 58.1 cm³/mol. The first kappa shape index (κ1) is 10.1. The van der Waals surface area contributed by atoms with Gasteiger partial charge in [0.2, 0.25) is 0 Å². The topological polar surface area (TPSA) is 29.3 Å². The van der Waals surface area contributed by atoms with Crippen LogP contribution in [0.25, 0.3) is 0 Å². The molecule has 0 aliphatic carbocycles. The van der Waals surface area contributed by atoms with Crippen molar-refractivity contribution in [2.75, 3.05) is 18.5 Å². The van der Waals surface area contributed by atoms with Gasteiger partial charge >= 0.3 is 0 Å². The number of nitrogens with two attached hydrogens (primary N) is 1. The Labute approximate surface area is 80.4 Å². The molecule has 1 rings (SSSR count). The molecule has 2 heteroatoms. The first-order chi connectivity index (χ1) is 6.09. The second kappa shape index (κ2) is 4.28. The van der Waals surface area contributed by atoms with Crippen LogP contribution in [-0.2, 0) is 0 Å². The Morgan fingerprint density at radius 3 is 2.69 bits per heavy atom. The second-order valence-corrected chi connectivity index (χ2v) is 3.70. The van der Waals surface area contributed by atoms with E-state index in [9.17, 15) is 0 Å². The normalized spacial score (nSPS) is 12.6. The van der Waals surface area contributed by atoms with Gasteiger partial charge in [0.15, 0.2) is 0 Å². The summed E-state index contributed by atoms with van der Waals surface area (Å²) in [4.78, 5) is 2.18. The van der Waals surface area contributed by atoms with Crippen LogP contribution in [-0.4, -0.2) is 19.6 Å². The lowest BCUT2D eigenvalue weighted by molar-refractivity contribution is 0.717. The van der Waals surface area contributed by atoms with E-state index in [2.05, 4.69) is 43.1 Å². The van der Waals surface area contributed by atoms with Crippen LogP contribution in [0.3, 0.4) is 0 Å². The van der Waals surface area contributed by atoms with Crippen LogP contribution in [0.5, 0.6) is 0 Å². The molecule has 2 nitrogen and oxygen atoms in total. The number of hydrogen-bond donors (Lipinski definition) is 1. The van der Waals surface area contributed by atoms with Crippen molar-refractivity contribution >= 4 is 5.69 Å². The molecule has 1 aromatic carbocycles. The average Bonchev–Trinajstić information content (AvgIpc) is 2.03. The fraction of sp³-hybridized carbons (Fsp3) is 0.455. The van der Waals surface area contributed by atoms with Crippen molar-refractivity contribution in [1.82, 2.24) is 0 Å². The Kier molecular flexibility index (Phi) is 3.32. The fourth-order valence-electron chi connectivity index (χ4n) is 1.40. The van der Waals surface area contributed by atoms with Gasteiger partial charge in [-0.2, -0.15) is 0 Å². The maximum atomic E-state index is 5.73. The van der Waals surface area contributed by atoms with E-state index in [1.807, 2.05) is 6.92 Å². The van der Waals surface area contributed by atoms with Crippen LogP contribution in [0.15, 0.2) is 24.3 Å². The van der Waals surface area contributed by atoms with Gasteiger partial charge < -0.3 is 10.6 Å². The molecule has 0 saturated heterocycles. The first-order valence-electron chi connectivity index (χ1n) is 4.63. The van der Waals surface area contributed by atoms with Crippen molar-refractivity contribution in [1.29, 1.82) is 0 Å². The van der Waals surface area contributed by atoms with Gasteiger partial charge in [-0.3, -0.25) is 0 Å². The van der Waals surface area contributed by atoms with E-state index in [4.69, 9.17) is 5.73 Å². The van der Waals surface area contributed by atoms with Gasteiger partial charge in [-0.1, -0.05) is 12.1 Å². The molecule has 0 bridgehead atoms. The van der Waals surface area contributed by atoms with E-state index < -0.39 is 0 Å². The molecule has 0 radical (unpaired) electrons. The van der Waals surface area contributed by atoms with E-state index in [0.29, 0.717) is 0 Å². The highest BCUT2D eigenvalue weighted by Crippen LogP contribution is 2.13. The van der Waals surface area contributed by atoms with Crippen LogP contribution >= 0.6 is 0 Å². The van der Waals surface area contributed by atoms with Gasteiger partial charge in [0.05, 0.1) is 0 Å². The van der Waals surface area contributed by atoms with E-state index in [1.54, 1.807) is 0 Å². The van der Waals surface area contributed by atoms with E-state index in [1.165, 1.54) is 11.3 Å². The van der Waals surface area contributed by atoms with Crippen molar-refractivity contribution in [2.24, 2.45) is 5.73 Å². The number of nitrogens with zero attached hydrogens (tertiary/aromatic N) is 1. The SMILES string of the molecule is Cc1cccc(N(C)CC(C)N)c1. The Morgan fingerprint density at radius 1 is 1.46 bits per heavy atom. The maximum absolute atomic E-state index is 5.73. The minimum atomic E-state index is 0.213. The zero-order chi connectivity index (χ0) is 9.84. The summed E-state index contributed by atoms with van der Waals surface area (Å²) in [6.45, 7) is 5.01. The van der Waals surface area contributed by atoms with Crippen LogP contribution in [0.2, 0.25) is 0 Å². The van der Waals surface area contributed by atoms with Crippen LogP contribution in [0, 0.1) is 6.92 Å². The number of hydrogen-bond acceptors (Lipinski definition) is 2. The van der Waals surface area contributed by atoms with Crippen LogP contribution in [0.1, 0.15) is 12.5 Å². The van der Waals surface area contributed by atoms with E-state index >= 15 is 0 Å². The molecular weight excluding hydrogens is 160 g/mol. The lowest BCUT2D eigenvalue weighted by Gasteiger charge is -2.21. The van der Waals surface area contributed by atoms with Crippen LogP contribution < -0.4 is 10.6 Å². The summed E-state index contributed by atoms with van der Waals surface area (Å²) in [5.74, 6) is 0. The number of rotatable bonds is 3. The standard InChI is InChI=1S/C11H18N2/c1-9-5-4-6-11(7-9)13(3)8-10(2)12/h4-7,10H,8,12H2,1-3H3. The second-order valence-electron chi connectivity index (χ2n) is 3.70. The molecule has 1 atom stereocenters. The van der Waals surface area contributed by atoms with Crippen molar-refractivity contribution < 1.29 is 0 Å². The van der Waals surface area contributed by atoms with Gasteiger partial charge in [-0.15, -0.1) is 0 Å². The third-order valence-corrected chi connectivity index (χ3v) is 2.00. The summed E-state index contributed by atoms with van der Waals surface area (Å²) in [5, 5.41) is 0. The predicted octanol–water partition coefficient (Wildman–Crippen LogP) is 1.78. The molecule has 0 spiro atoms. The molecule has 0 aliphatic heterocycles. The van der Waals surface area contributed by atoms with E-state index in [-0.39, 0.29) is 6.04 Å². The Bertz CT molecular complexity index is 269. The number of likely N-dealkylation sites (N-methyl/N-ethyl adjacent to an activating group) is 1. The van der Waals surface area contributed by atoms with Gasteiger partial charge in [0, 0.05) is 25.3 Å². The number of aryl methyl sites for hydroxylation is 1. The van der Waals surface area contributed by atoms with Crippen molar-refractivity contribution in [3.05, 3.63) is 29.8 Å². The Morgan fingerprint density at radius 2 is 2.15 bits per heavy atom. The number of benzene rings is 1. The maximum Gasteiger partial charge on any atom is 0.0366 e. The molecular formula is C11H18N2. The first-order valence-corrected chi connectivity index (χ1v) is 4.63. The van der Waals surface area contributed by atoms with Gasteiger partial charge in [-0.25, -0.2) is 0 Å². The van der Waals surface area contributed by atoms with E-state index in [0.717, 1.165) is 6.54 Å². The highest BCUT2D eigenvalue weighted by Gasteiger charge is 2.02. The minimum Gasteiger partial charge on any atom is -0.373 e. The molecule has 0 aliphatic rings. The Hall–Kier alpha value is -1.02. The molecule has 13 heavy (non-hydrogen) atoms. The summed E-state index contributed by atoms with van der Waals surface area (Å²) in [6, 6.07) is 8.66. The van der Waals surface area contributed by atoms with Crippen molar-refractivity contribution in [3.8, 4) is 0 Å². The molecule has 0 fully saturated rings. The number of anilines is 1. The third kappa shape index (κ3) is 3.07. The fourth-order valence-corrected chi connectivity index (χ4v) is 1.40. The molecule has 0 saturated carbocycles. The largest absolute Gasteiger partial charge is 0.373 e. The summed E-state index contributed by atoms with van der Waals surface area (Å²) >= 11 is 0. The lowest BCUT2D eigenvalue weighted by atomic mass is 10.2. The molecule has 0 aromatic heterocycles. The molecule has 0 heterocycles. The third-order valence-electron chi connectivity index (χ3n) is 2.00. The lowest BCUT2D eigenvalue weighted by Crippen LogP contribution is -2.32. The average molecular weight is 178 g/mol. The Balaban J connectivity index is 2.71. The summed E-state index contributed by atoms with van der Waals surface area (Å²) in [6.07, 6.45) is 0. The van der Waals surface area contributed by atoms with Gasteiger partial charge in [-0.05, 0) is 31.5 Å². The minimum absolute atomic E-state index is 0.213. The zero-order valence-electron chi connectivity index (χ0n) is 8.62. The highest BCUT2D eigenvalue weighted by atomic mass is 15.1. The summed E-state index contributed by atoms with van der Waals surface area (Å²) < 4.78 is 0.